The Balaban J connectivity index is 1.25. The van der Waals surface area contributed by atoms with Gasteiger partial charge in [-0.1, -0.05) is 96.2 Å². The molecule has 2 aliphatic heterocycles. The molecule has 1 saturated heterocycles. The van der Waals surface area contributed by atoms with Crippen molar-refractivity contribution >= 4 is 57.8 Å². The maximum Gasteiger partial charge on any atom is 0.409 e. The molecular formula is C36H34N6O7S2. The van der Waals surface area contributed by atoms with Crippen molar-refractivity contribution in [1.29, 1.82) is 0 Å². The Morgan fingerprint density at radius 3 is 2.06 bits per heavy atom. The van der Waals surface area contributed by atoms with E-state index in [1.165, 1.54) is 49.2 Å². The smallest absolute Gasteiger partial charge is 0.409 e. The molecule has 2 atom stereocenters. The minimum absolute atomic E-state index is 0.163. The number of carboxylic acids is 1. The van der Waals surface area contributed by atoms with E-state index >= 15 is 0 Å². The van der Waals surface area contributed by atoms with Crippen molar-refractivity contribution in [3.05, 3.63) is 130 Å². The zero-order valence-corrected chi connectivity index (χ0v) is 29.4. The van der Waals surface area contributed by atoms with Gasteiger partial charge in [-0.25, -0.2) is 14.6 Å². The number of carbonyl (C=O) groups is 4. The normalized spacial score (nSPS) is 17.2. The van der Waals surface area contributed by atoms with Gasteiger partial charge in [0.15, 0.2) is 10.8 Å². The van der Waals surface area contributed by atoms with Crippen LogP contribution in [0.3, 0.4) is 0 Å². The van der Waals surface area contributed by atoms with Gasteiger partial charge < -0.3 is 30.2 Å². The van der Waals surface area contributed by atoms with Crippen LogP contribution >= 0.6 is 23.1 Å². The molecule has 15 heteroatoms. The average molecular weight is 727 g/mol. The van der Waals surface area contributed by atoms with E-state index in [1.54, 1.807) is 5.38 Å². The Labute approximate surface area is 301 Å². The lowest BCUT2D eigenvalue weighted by molar-refractivity contribution is -0.150. The molecule has 1 aromatic heterocycles. The number of aromatic nitrogens is 1. The van der Waals surface area contributed by atoms with E-state index in [2.05, 4.69) is 15.8 Å². The fourth-order valence-electron chi connectivity index (χ4n) is 5.96. The number of thioether (sulfide) groups is 1. The Morgan fingerprint density at radius 2 is 1.55 bits per heavy atom. The molecule has 0 spiro atoms. The summed E-state index contributed by atoms with van der Waals surface area (Å²) in [6.45, 7) is -0.288. The second kappa shape index (κ2) is 15.1. The van der Waals surface area contributed by atoms with Gasteiger partial charge in [-0.3, -0.25) is 14.5 Å². The lowest BCUT2D eigenvalue weighted by Gasteiger charge is -2.49. The van der Waals surface area contributed by atoms with Crippen LogP contribution < -0.4 is 10.6 Å². The highest BCUT2D eigenvalue weighted by atomic mass is 32.2. The zero-order chi connectivity index (χ0) is 36.1. The number of nitrogens with one attached hydrogen (secondary N) is 2. The first-order valence-corrected chi connectivity index (χ1v) is 17.6. The van der Waals surface area contributed by atoms with Crippen LogP contribution in [-0.2, 0) is 29.5 Å². The third-order valence-corrected chi connectivity index (χ3v) is 10.4. The van der Waals surface area contributed by atoms with Gasteiger partial charge in [0.05, 0.1) is 0 Å². The summed E-state index contributed by atoms with van der Waals surface area (Å²) in [5.74, 6) is -2.50. The van der Waals surface area contributed by atoms with Crippen molar-refractivity contribution in [3.63, 3.8) is 0 Å². The number of aliphatic carboxylic acids is 1. The van der Waals surface area contributed by atoms with Crippen LogP contribution in [0.25, 0.3) is 0 Å². The van der Waals surface area contributed by atoms with Crippen molar-refractivity contribution in [1.82, 2.24) is 20.1 Å². The maximum atomic E-state index is 13.7. The Hall–Kier alpha value is -5.67. The second-order valence-corrected chi connectivity index (χ2v) is 13.7. The second-order valence-electron chi connectivity index (χ2n) is 11.7. The molecule has 0 bridgehead atoms. The number of benzene rings is 3. The third kappa shape index (κ3) is 6.90. The number of rotatable bonds is 12. The first kappa shape index (κ1) is 35.2. The molecule has 1 fully saturated rings. The number of carboxylic acid groups (broad SMARTS) is 1. The first-order chi connectivity index (χ1) is 24.6. The molecule has 3 heterocycles. The van der Waals surface area contributed by atoms with E-state index < -0.39 is 40.8 Å². The maximum absolute atomic E-state index is 13.7. The molecule has 0 radical (unpaired) electrons. The van der Waals surface area contributed by atoms with Gasteiger partial charge in [0.2, 0.25) is 0 Å². The largest absolute Gasteiger partial charge is 0.477 e. The summed E-state index contributed by atoms with van der Waals surface area (Å²) >= 11 is 2.52. The number of hydrogen-bond donors (Lipinski definition) is 3. The van der Waals surface area contributed by atoms with Crippen molar-refractivity contribution in [3.8, 4) is 0 Å². The number of hydrogen-bond acceptors (Lipinski definition) is 11. The molecule has 13 nitrogen and oxygen atoms in total. The van der Waals surface area contributed by atoms with Crippen LogP contribution in [0.4, 0.5) is 9.93 Å². The monoisotopic (exact) mass is 726 g/mol. The molecule has 0 saturated carbocycles. The minimum atomic E-state index is -1.34. The van der Waals surface area contributed by atoms with Crippen LogP contribution in [-0.4, -0.2) is 94.5 Å². The van der Waals surface area contributed by atoms with Gasteiger partial charge in [0.1, 0.15) is 42.1 Å². The molecule has 262 valence electrons. The van der Waals surface area contributed by atoms with Crippen LogP contribution in [0.1, 0.15) is 22.4 Å². The van der Waals surface area contributed by atoms with Gasteiger partial charge in [-0.05, 0) is 16.7 Å². The highest BCUT2D eigenvalue weighted by Crippen LogP contribution is 2.42. The highest BCUT2D eigenvalue weighted by molar-refractivity contribution is 8.00. The standard InChI is InChI=1S/C36H34N6O7S2/c1-41(2)35(47)49-19-22-20-50-32-28(31(44)42(32)29(22)33(45)46)38-30(43)27(40-48-3)26-21-51-34(37-26)39-36(23-13-7-4-8-14-23,24-15-9-5-10-16-24)25-17-11-6-12-18-25/h4-18,21,28,32H,19-20H2,1-3H3,(H,37,39)(H,38,43)(H,45,46)/b40-27-/t28-,32-/m1/s1. The number of amides is 3. The summed E-state index contributed by atoms with van der Waals surface area (Å²) < 4.78 is 5.18. The molecule has 3 aromatic carbocycles. The number of fused-ring (bicyclic) bond motifs is 1. The quantitative estimate of drug-likeness (QED) is 0.0829. The topological polar surface area (TPSA) is 163 Å². The fraction of sp³-hybridized carbons (Fsp3) is 0.222. The fourth-order valence-corrected chi connectivity index (χ4v) is 8.04. The summed E-state index contributed by atoms with van der Waals surface area (Å²) in [7, 11) is 4.31. The molecule has 4 aromatic rings. The number of nitrogens with zero attached hydrogens (tertiary/aromatic N) is 4. The predicted octanol–water partition coefficient (Wildman–Crippen LogP) is 4.33. The van der Waals surface area contributed by atoms with Gasteiger partial charge in [0, 0.05) is 30.8 Å². The summed E-state index contributed by atoms with van der Waals surface area (Å²) in [5, 5.41) is 21.7. The Kier molecular flexibility index (Phi) is 10.4. The number of carbonyl (C=O) groups excluding carboxylic acids is 3. The van der Waals surface area contributed by atoms with Crippen LogP contribution in [0.15, 0.2) is 113 Å². The van der Waals surface area contributed by atoms with Crippen molar-refractivity contribution in [2.75, 3.05) is 38.9 Å². The van der Waals surface area contributed by atoms with E-state index in [4.69, 9.17) is 14.6 Å². The molecule has 0 aliphatic carbocycles. The number of β-lactam (4-membered cyclic amide) rings is 1. The Morgan fingerprint density at radius 1 is 0.980 bits per heavy atom. The van der Waals surface area contributed by atoms with Crippen molar-refractivity contribution in [2.24, 2.45) is 5.16 Å². The molecule has 2 aliphatic rings. The van der Waals surface area contributed by atoms with Gasteiger partial charge >= 0.3 is 12.1 Å². The van der Waals surface area contributed by atoms with Crippen LogP contribution in [0.2, 0.25) is 0 Å². The molecule has 3 amide bonds. The van der Waals surface area contributed by atoms with E-state index in [1.807, 2.05) is 91.0 Å². The number of thiazole rings is 1. The van der Waals surface area contributed by atoms with Gasteiger partial charge in [0.25, 0.3) is 11.8 Å². The van der Waals surface area contributed by atoms with Crippen LogP contribution in [0.5, 0.6) is 0 Å². The molecule has 6 rings (SSSR count). The van der Waals surface area contributed by atoms with Crippen LogP contribution in [0, 0.1) is 0 Å². The van der Waals surface area contributed by atoms with Gasteiger partial charge in [-0.2, -0.15) is 0 Å². The highest BCUT2D eigenvalue weighted by Gasteiger charge is 2.54. The average Bonchev–Trinajstić information content (AvgIpc) is 3.62. The number of oxime groups is 1. The summed E-state index contributed by atoms with van der Waals surface area (Å²) in [6, 6.07) is 28.9. The van der Waals surface area contributed by atoms with Crippen molar-refractivity contribution in [2.45, 2.75) is 17.0 Å². The Bertz CT molecular complexity index is 1890. The van der Waals surface area contributed by atoms with E-state index in [0.29, 0.717) is 5.13 Å². The zero-order valence-electron chi connectivity index (χ0n) is 27.8. The summed E-state index contributed by atoms with van der Waals surface area (Å²) in [5.41, 5.74) is 2.10. The lowest BCUT2D eigenvalue weighted by Crippen LogP contribution is -2.71. The minimum Gasteiger partial charge on any atom is -0.477 e. The predicted molar refractivity (Wildman–Crippen MR) is 193 cm³/mol. The number of ether oxygens (including phenoxy) is 1. The summed E-state index contributed by atoms with van der Waals surface area (Å²) in [6.07, 6.45) is -0.643. The SMILES string of the molecule is CO/N=C(\C(=O)N[C@@H]1C(=O)N2C(C(=O)O)=C(COC(=O)N(C)C)CS[C@H]12)c1csc(NC(c2ccccc2)(c2ccccc2)c2ccccc2)n1. The molecular weight excluding hydrogens is 693 g/mol. The van der Waals surface area contributed by atoms with Crippen molar-refractivity contribution < 1.29 is 33.9 Å². The summed E-state index contributed by atoms with van der Waals surface area (Å²) in [4.78, 5) is 63.2. The van der Waals surface area contributed by atoms with Gasteiger partial charge in [-0.15, -0.1) is 23.1 Å². The van der Waals surface area contributed by atoms with E-state index in [9.17, 15) is 24.3 Å². The number of anilines is 1. The lowest BCUT2D eigenvalue weighted by atomic mass is 9.77. The molecule has 3 N–H and O–H groups in total. The third-order valence-electron chi connectivity index (χ3n) is 8.33. The molecule has 0 unspecified atom stereocenters. The van der Waals surface area contributed by atoms with E-state index in [-0.39, 0.29) is 35.0 Å². The van der Waals surface area contributed by atoms with E-state index in [0.717, 1.165) is 21.6 Å². The molecule has 51 heavy (non-hydrogen) atoms. The first-order valence-electron chi connectivity index (χ1n) is 15.7.